The Morgan fingerprint density at radius 2 is 2.04 bits per heavy atom. The third-order valence-corrected chi connectivity index (χ3v) is 4.44. The van der Waals surface area contributed by atoms with Gasteiger partial charge in [0.05, 0.1) is 6.04 Å². The summed E-state index contributed by atoms with van der Waals surface area (Å²) in [5, 5.41) is 19.3. The van der Waals surface area contributed by atoms with Crippen LogP contribution in [0.1, 0.15) is 31.9 Å². The number of carbonyl (C=O) groups is 1. The van der Waals surface area contributed by atoms with Crippen LogP contribution in [0.3, 0.4) is 0 Å². The lowest BCUT2D eigenvalue weighted by molar-refractivity contribution is -0.123. The minimum atomic E-state index is -0.122. The van der Waals surface area contributed by atoms with Crippen molar-refractivity contribution in [2.75, 3.05) is 0 Å². The van der Waals surface area contributed by atoms with E-state index < -0.39 is 0 Å². The standard InChI is InChI=1S/C18H21N5OS/c1-13(2)10-16(14-6-4-3-5-7-14)19-17(24)11-23-21-18(20-22-23)15-8-9-25-12-15/h3-9,12-13,16H,10-11H2,1-2H3,(H,19,24)/t16-/m0/s1. The number of thiophene rings is 1. The number of carbonyl (C=O) groups excluding carboxylic acids is 1. The van der Waals surface area contributed by atoms with Crippen LogP contribution < -0.4 is 5.32 Å². The molecule has 2 heterocycles. The molecule has 0 saturated heterocycles. The van der Waals surface area contributed by atoms with Crippen molar-refractivity contribution in [2.45, 2.75) is 32.9 Å². The lowest BCUT2D eigenvalue weighted by atomic mass is 9.97. The van der Waals surface area contributed by atoms with Gasteiger partial charge in [0, 0.05) is 10.9 Å². The Morgan fingerprint density at radius 3 is 2.72 bits per heavy atom. The summed E-state index contributed by atoms with van der Waals surface area (Å²) >= 11 is 1.57. The van der Waals surface area contributed by atoms with Gasteiger partial charge in [0.15, 0.2) is 0 Å². The van der Waals surface area contributed by atoms with Crippen LogP contribution in [0, 0.1) is 5.92 Å². The van der Waals surface area contributed by atoms with Crippen LogP contribution in [0.2, 0.25) is 0 Å². The van der Waals surface area contributed by atoms with Gasteiger partial charge in [0.25, 0.3) is 0 Å². The maximum absolute atomic E-state index is 12.4. The zero-order valence-electron chi connectivity index (χ0n) is 14.3. The summed E-state index contributed by atoms with van der Waals surface area (Å²) in [4.78, 5) is 13.8. The maximum atomic E-state index is 12.4. The van der Waals surface area contributed by atoms with Gasteiger partial charge in [0.1, 0.15) is 6.54 Å². The zero-order valence-corrected chi connectivity index (χ0v) is 15.1. The first-order chi connectivity index (χ1) is 12.1. The fourth-order valence-electron chi connectivity index (χ4n) is 2.62. The highest BCUT2D eigenvalue weighted by atomic mass is 32.1. The molecule has 130 valence electrons. The van der Waals surface area contributed by atoms with Crippen molar-refractivity contribution in [1.29, 1.82) is 0 Å². The van der Waals surface area contributed by atoms with E-state index in [0.717, 1.165) is 17.5 Å². The molecule has 25 heavy (non-hydrogen) atoms. The van der Waals surface area contributed by atoms with Gasteiger partial charge in [-0.15, -0.1) is 10.2 Å². The van der Waals surface area contributed by atoms with E-state index in [1.165, 1.54) is 4.80 Å². The largest absolute Gasteiger partial charge is 0.348 e. The van der Waals surface area contributed by atoms with Gasteiger partial charge >= 0.3 is 0 Å². The van der Waals surface area contributed by atoms with Crippen LogP contribution >= 0.6 is 11.3 Å². The second-order valence-electron chi connectivity index (χ2n) is 6.32. The number of hydrogen-bond acceptors (Lipinski definition) is 5. The first-order valence-corrected chi connectivity index (χ1v) is 9.21. The van der Waals surface area contributed by atoms with Gasteiger partial charge < -0.3 is 5.32 Å². The first-order valence-electron chi connectivity index (χ1n) is 8.26. The van der Waals surface area contributed by atoms with E-state index in [9.17, 15) is 4.79 Å². The summed E-state index contributed by atoms with van der Waals surface area (Å²) in [6.45, 7) is 4.35. The van der Waals surface area contributed by atoms with Crippen molar-refractivity contribution in [3.8, 4) is 11.4 Å². The molecule has 0 saturated carbocycles. The zero-order chi connectivity index (χ0) is 17.6. The number of hydrogen-bond donors (Lipinski definition) is 1. The number of aromatic nitrogens is 4. The predicted molar refractivity (Wildman–Crippen MR) is 97.9 cm³/mol. The molecule has 1 N–H and O–H groups in total. The molecular weight excluding hydrogens is 334 g/mol. The summed E-state index contributed by atoms with van der Waals surface area (Å²) in [5.41, 5.74) is 2.02. The highest BCUT2D eigenvalue weighted by Crippen LogP contribution is 2.21. The number of amides is 1. The van der Waals surface area contributed by atoms with E-state index in [1.807, 2.05) is 47.2 Å². The van der Waals surface area contributed by atoms with E-state index in [1.54, 1.807) is 11.3 Å². The van der Waals surface area contributed by atoms with Crippen LogP contribution in [-0.2, 0) is 11.3 Å². The van der Waals surface area contributed by atoms with Gasteiger partial charge in [-0.3, -0.25) is 4.79 Å². The van der Waals surface area contributed by atoms with Gasteiger partial charge in [-0.2, -0.15) is 16.1 Å². The van der Waals surface area contributed by atoms with Crippen molar-refractivity contribution in [3.63, 3.8) is 0 Å². The number of nitrogens with zero attached hydrogens (tertiary/aromatic N) is 4. The molecule has 0 aliphatic rings. The highest BCUT2D eigenvalue weighted by molar-refractivity contribution is 7.08. The summed E-state index contributed by atoms with van der Waals surface area (Å²) in [5.74, 6) is 0.889. The second kappa shape index (κ2) is 8.02. The van der Waals surface area contributed by atoms with Crippen molar-refractivity contribution in [2.24, 2.45) is 5.92 Å². The van der Waals surface area contributed by atoms with Gasteiger partial charge in [-0.25, -0.2) is 0 Å². The van der Waals surface area contributed by atoms with E-state index in [-0.39, 0.29) is 18.5 Å². The van der Waals surface area contributed by atoms with Gasteiger partial charge in [0.2, 0.25) is 11.7 Å². The molecule has 2 aromatic heterocycles. The lowest BCUT2D eigenvalue weighted by Gasteiger charge is -2.21. The topological polar surface area (TPSA) is 72.7 Å². The molecule has 0 aliphatic heterocycles. The average Bonchev–Trinajstić information content (AvgIpc) is 3.26. The Morgan fingerprint density at radius 1 is 1.24 bits per heavy atom. The predicted octanol–water partition coefficient (Wildman–Crippen LogP) is 3.31. The smallest absolute Gasteiger partial charge is 0.244 e. The second-order valence-corrected chi connectivity index (χ2v) is 7.10. The normalized spacial score (nSPS) is 12.3. The monoisotopic (exact) mass is 355 g/mol. The highest BCUT2D eigenvalue weighted by Gasteiger charge is 2.17. The molecule has 3 rings (SSSR count). The van der Waals surface area contributed by atoms with Crippen molar-refractivity contribution in [3.05, 3.63) is 52.7 Å². The van der Waals surface area contributed by atoms with E-state index >= 15 is 0 Å². The molecule has 0 spiro atoms. The molecule has 0 bridgehead atoms. The summed E-state index contributed by atoms with van der Waals surface area (Å²) in [7, 11) is 0. The fourth-order valence-corrected chi connectivity index (χ4v) is 3.26. The van der Waals surface area contributed by atoms with Crippen LogP contribution in [0.25, 0.3) is 11.4 Å². The third kappa shape index (κ3) is 4.73. The molecule has 0 fully saturated rings. The molecule has 6 nitrogen and oxygen atoms in total. The molecule has 1 aromatic carbocycles. The first kappa shape index (κ1) is 17.3. The SMILES string of the molecule is CC(C)C[C@H](NC(=O)Cn1nnc(-c2ccsc2)n1)c1ccccc1. The van der Waals surface area contributed by atoms with Gasteiger partial charge in [-0.05, 0) is 34.6 Å². The van der Waals surface area contributed by atoms with Crippen LogP contribution in [0.5, 0.6) is 0 Å². The molecule has 3 aromatic rings. The molecule has 7 heteroatoms. The van der Waals surface area contributed by atoms with Crippen LogP contribution in [0.15, 0.2) is 47.2 Å². The molecule has 1 atom stereocenters. The summed E-state index contributed by atoms with van der Waals surface area (Å²) in [6.07, 6.45) is 0.876. The molecule has 0 unspecified atom stereocenters. The number of nitrogens with one attached hydrogen (secondary N) is 1. The average molecular weight is 355 g/mol. The molecule has 1 amide bonds. The fraction of sp³-hybridized carbons (Fsp3) is 0.333. The lowest BCUT2D eigenvalue weighted by Crippen LogP contribution is -2.33. The molecule has 0 aliphatic carbocycles. The molecular formula is C18H21N5OS. The van der Waals surface area contributed by atoms with E-state index in [2.05, 4.69) is 34.6 Å². The quantitative estimate of drug-likeness (QED) is 0.706. The third-order valence-electron chi connectivity index (χ3n) is 3.76. The van der Waals surface area contributed by atoms with E-state index in [4.69, 9.17) is 0 Å². The van der Waals surface area contributed by atoms with Gasteiger partial charge in [-0.1, -0.05) is 44.2 Å². The van der Waals surface area contributed by atoms with Crippen molar-refractivity contribution < 1.29 is 4.79 Å². The summed E-state index contributed by atoms with van der Waals surface area (Å²) < 4.78 is 0. The minimum absolute atomic E-state index is 0.0198. The van der Waals surface area contributed by atoms with Crippen molar-refractivity contribution >= 4 is 17.2 Å². The summed E-state index contributed by atoms with van der Waals surface area (Å²) in [6, 6.07) is 11.9. The Kier molecular flexibility index (Phi) is 5.55. The number of benzene rings is 1. The molecule has 0 radical (unpaired) electrons. The number of rotatable bonds is 7. The van der Waals surface area contributed by atoms with Crippen LogP contribution in [-0.4, -0.2) is 26.1 Å². The Bertz CT molecular complexity index is 798. The number of tetrazole rings is 1. The Labute approximate surface area is 150 Å². The minimum Gasteiger partial charge on any atom is -0.348 e. The Balaban J connectivity index is 1.65. The Hall–Kier alpha value is -2.54. The maximum Gasteiger partial charge on any atom is 0.244 e. The van der Waals surface area contributed by atoms with Crippen LogP contribution in [0.4, 0.5) is 0 Å². The van der Waals surface area contributed by atoms with E-state index in [0.29, 0.717) is 11.7 Å². The van der Waals surface area contributed by atoms with Crippen molar-refractivity contribution in [1.82, 2.24) is 25.5 Å².